The molecule has 0 aliphatic carbocycles. The minimum atomic E-state index is -3.80. The van der Waals surface area contributed by atoms with Crippen molar-refractivity contribution in [2.45, 2.75) is 6.04 Å². The molecule has 1 atom stereocenters. The molecule has 1 fully saturated rings. The van der Waals surface area contributed by atoms with Gasteiger partial charge in [-0.3, -0.25) is 4.79 Å². The van der Waals surface area contributed by atoms with E-state index in [9.17, 15) is 13.2 Å². The minimum absolute atomic E-state index is 0.219. The molecule has 0 bridgehead atoms. The van der Waals surface area contributed by atoms with E-state index in [4.69, 9.17) is 5.14 Å². The molecule has 4 N–H and O–H groups in total. The van der Waals surface area contributed by atoms with Gasteiger partial charge in [-0.15, -0.1) is 0 Å². The molecular weight excluding hydrogens is 208 g/mol. The number of piperazine rings is 1. The minimum Gasteiger partial charge on any atom is -0.358 e. The van der Waals surface area contributed by atoms with Crippen molar-refractivity contribution in [3.05, 3.63) is 0 Å². The summed E-state index contributed by atoms with van der Waals surface area (Å²) in [7, 11) is -2.34. The van der Waals surface area contributed by atoms with Crippen LogP contribution in [0.5, 0.6) is 0 Å². The van der Waals surface area contributed by atoms with E-state index in [1.807, 2.05) is 0 Å². The summed E-state index contributed by atoms with van der Waals surface area (Å²) in [5.74, 6) is -0.355. The molecule has 8 heteroatoms. The molecule has 0 saturated carbocycles. The maximum Gasteiger partial charge on any atom is 0.277 e. The molecule has 82 valence electrons. The highest BCUT2D eigenvalue weighted by Crippen LogP contribution is 2.06. The number of amides is 1. The second-order valence-corrected chi connectivity index (χ2v) is 4.49. The Hall–Kier alpha value is -0.700. The van der Waals surface area contributed by atoms with Gasteiger partial charge in [-0.05, 0) is 0 Å². The van der Waals surface area contributed by atoms with Gasteiger partial charge in [0.25, 0.3) is 10.2 Å². The lowest BCUT2D eigenvalue weighted by Crippen LogP contribution is -2.60. The van der Waals surface area contributed by atoms with E-state index in [1.54, 1.807) is 0 Å². The predicted molar refractivity (Wildman–Crippen MR) is 50.5 cm³/mol. The molecule has 1 amide bonds. The van der Waals surface area contributed by atoms with Gasteiger partial charge in [0.15, 0.2) is 0 Å². The molecule has 0 aromatic carbocycles. The monoisotopic (exact) mass is 222 g/mol. The standard InChI is InChI=1S/C6H14N4O3S/c1-8-6(11)5-4-9-2-3-10(5)14(7,12)13/h5,9H,2-4H2,1H3,(H,8,11)(H2,7,12,13). The zero-order valence-corrected chi connectivity index (χ0v) is 8.67. The van der Waals surface area contributed by atoms with Crippen molar-refractivity contribution in [2.75, 3.05) is 26.7 Å². The van der Waals surface area contributed by atoms with Crippen molar-refractivity contribution in [2.24, 2.45) is 5.14 Å². The Balaban J connectivity index is 2.85. The third kappa shape index (κ3) is 2.41. The summed E-state index contributed by atoms with van der Waals surface area (Å²) < 4.78 is 23.2. The van der Waals surface area contributed by atoms with Crippen LogP contribution in [0.25, 0.3) is 0 Å². The molecule has 0 aromatic heterocycles. The molecule has 0 aromatic rings. The van der Waals surface area contributed by atoms with Crippen molar-refractivity contribution in [3.63, 3.8) is 0 Å². The van der Waals surface area contributed by atoms with Gasteiger partial charge in [0.1, 0.15) is 6.04 Å². The lowest BCUT2D eigenvalue weighted by Gasteiger charge is -2.32. The van der Waals surface area contributed by atoms with Crippen LogP contribution in [0.3, 0.4) is 0 Å². The van der Waals surface area contributed by atoms with Gasteiger partial charge >= 0.3 is 0 Å². The van der Waals surface area contributed by atoms with Gasteiger partial charge in [0.05, 0.1) is 0 Å². The summed E-state index contributed by atoms with van der Waals surface area (Å²) in [6.07, 6.45) is 0. The molecule has 1 aliphatic heterocycles. The topological polar surface area (TPSA) is 105 Å². The third-order valence-electron chi connectivity index (χ3n) is 2.07. The SMILES string of the molecule is CNC(=O)C1CNCCN1S(N)(=O)=O. The largest absolute Gasteiger partial charge is 0.358 e. The molecule has 0 radical (unpaired) electrons. The van der Waals surface area contributed by atoms with Crippen molar-refractivity contribution >= 4 is 16.1 Å². The van der Waals surface area contributed by atoms with Crippen molar-refractivity contribution in [1.29, 1.82) is 0 Å². The summed E-state index contributed by atoms with van der Waals surface area (Å²) in [6, 6.07) is -0.747. The number of rotatable bonds is 2. The van der Waals surface area contributed by atoms with Gasteiger partial charge in [-0.1, -0.05) is 0 Å². The van der Waals surface area contributed by atoms with Crippen LogP contribution in [0.4, 0.5) is 0 Å². The quantitative estimate of drug-likeness (QED) is 0.469. The molecule has 1 rings (SSSR count). The molecule has 1 aliphatic rings. The number of likely N-dealkylation sites (N-methyl/N-ethyl adjacent to an activating group) is 1. The summed E-state index contributed by atoms with van der Waals surface area (Å²) >= 11 is 0. The van der Waals surface area contributed by atoms with E-state index in [0.29, 0.717) is 6.54 Å². The van der Waals surface area contributed by atoms with Gasteiger partial charge in [-0.25, -0.2) is 5.14 Å². The van der Waals surface area contributed by atoms with Crippen LogP contribution in [0.15, 0.2) is 0 Å². The van der Waals surface area contributed by atoms with E-state index >= 15 is 0 Å². The number of nitrogens with two attached hydrogens (primary N) is 1. The number of nitrogens with one attached hydrogen (secondary N) is 2. The van der Waals surface area contributed by atoms with E-state index in [-0.39, 0.29) is 19.0 Å². The lowest BCUT2D eigenvalue weighted by atomic mass is 10.2. The van der Waals surface area contributed by atoms with Crippen molar-refractivity contribution < 1.29 is 13.2 Å². The molecule has 0 spiro atoms. The zero-order chi connectivity index (χ0) is 10.8. The average molecular weight is 222 g/mol. The van der Waals surface area contributed by atoms with Crippen molar-refractivity contribution in [3.8, 4) is 0 Å². The first kappa shape index (κ1) is 11.4. The predicted octanol–water partition coefficient (Wildman–Crippen LogP) is -2.79. The molecular formula is C6H14N4O3S. The Labute approximate surface area is 82.8 Å². The van der Waals surface area contributed by atoms with E-state index in [2.05, 4.69) is 10.6 Å². The summed E-state index contributed by atoms with van der Waals surface area (Å²) in [5.41, 5.74) is 0. The Morgan fingerprint density at radius 3 is 2.79 bits per heavy atom. The number of hydrogen-bond acceptors (Lipinski definition) is 4. The highest BCUT2D eigenvalue weighted by atomic mass is 32.2. The van der Waals surface area contributed by atoms with Crippen molar-refractivity contribution in [1.82, 2.24) is 14.9 Å². The molecule has 1 heterocycles. The first-order valence-electron chi connectivity index (χ1n) is 4.18. The van der Waals surface area contributed by atoms with Crippen LogP contribution in [0.1, 0.15) is 0 Å². The fraction of sp³-hybridized carbons (Fsp3) is 0.833. The maximum atomic E-state index is 11.3. The second kappa shape index (κ2) is 4.22. The van der Waals surface area contributed by atoms with E-state index in [1.165, 1.54) is 7.05 Å². The first-order chi connectivity index (χ1) is 6.46. The number of carbonyl (C=O) groups excluding carboxylic acids is 1. The first-order valence-corrected chi connectivity index (χ1v) is 5.69. The van der Waals surface area contributed by atoms with Gasteiger partial charge in [0.2, 0.25) is 5.91 Å². The Morgan fingerprint density at radius 2 is 2.29 bits per heavy atom. The Bertz CT molecular complexity index is 315. The highest BCUT2D eigenvalue weighted by molar-refractivity contribution is 7.86. The molecule has 1 saturated heterocycles. The maximum absolute atomic E-state index is 11.3. The van der Waals surface area contributed by atoms with Crippen LogP contribution < -0.4 is 15.8 Å². The molecule has 1 unspecified atom stereocenters. The molecule has 14 heavy (non-hydrogen) atoms. The number of carbonyl (C=O) groups is 1. The van der Waals surface area contributed by atoms with Crippen LogP contribution in [0.2, 0.25) is 0 Å². The average Bonchev–Trinajstić information content (AvgIpc) is 2.15. The second-order valence-electron chi connectivity index (χ2n) is 2.99. The van der Waals surface area contributed by atoms with E-state index < -0.39 is 16.3 Å². The van der Waals surface area contributed by atoms with E-state index in [0.717, 1.165) is 4.31 Å². The van der Waals surface area contributed by atoms with Crippen LogP contribution in [-0.2, 0) is 15.0 Å². The van der Waals surface area contributed by atoms with Crippen LogP contribution in [-0.4, -0.2) is 51.4 Å². The van der Waals surface area contributed by atoms with Gasteiger partial charge in [0, 0.05) is 26.7 Å². The van der Waals surface area contributed by atoms with Gasteiger partial charge < -0.3 is 10.6 Å². The zero-order valence-electron chi connectivity index (χ0n) is 7.86. The van der Waals surface area contributed by atoms with Gasteiger partial charge in [-0.2, -0.15) is 12.7 Å². The Morgan fingerprint density at radius 1 is 1.64 bits per heavy atom. The van der Waals surface area contributed by atoms with Crippen LogP contribution in [0, 0.1) is 0 Å². The molecule has 7 nitrogen and oxygen atoms in total. The fourth-order valence-corrected chi connectivity index (χ4v) is 2.25. The van der Waals surface area contributed by atoms with Crippen LogP contribution >= 0.6 is 0 Å². The fourth-order valence-electron chi connectivity index (χ4n) is 1.38. The number of hydrogen-bond donors (Lipinski definition) is 3. The summed E-state index contributed by atoms with van der Waals surface area (Å²) in [5, 5.41) is 10.3. The normalized spacial score (nSPS) is 24.6. The number of nitrogens with zero attached hydrogens (tertiary/aromatic N) is 1. The summed E-state index contributed by atoms with van der Waals surface area (Å²) in [4.78, 5) is 11.3. The lowest BCUT2D eigenvalue weighted by molar-refractivity contribution is -0.124. The summed E-state index contributed by atoms with van der Waals surface area (Å²) in [6.45, 7) is 1.01. The highest BCUT2D eigenvalue weighted by Gasteiger charge is 2.34. The smallest absolute Gasteiger partial charge is 0.277 e. The Kier molecular flexibility index (Phi) is 3.43. The third-order valence-corrected chi connectivity index (χ3v) is 3.16.